The molecule has 1 heterocycles. The fraction of sp³-hybridized carbons (Fsp3) is 0.333. The lowest BCUT2D eigenvalue weighted by atomic mass is 10.2. The Bertz CT molecular complexity index is 820. The normalized spacial score (nSPS) is 10.0. The van der Waals surface area contributed by atoms with Crippen molar-refractivity contribution in [1.82, 2.24) is 9.97 Å². The number of amides is 1. The van der Waals surface area contributed by atoms with Gasteiger partial charge < -0.3 is 23.7 Å². The number of nitrogens with zero attached hydrogens (tertiary/aromatic N) is 2. The van der Waals surface area contributed by atoms with Gasteiger partial charge in [-0.1, -0.05) is 0 Å². The predicted molar refractivity (Wildman–Crippen MR) is 98.2 cm³/mol. The van der Waals surface area contributed by atoms with E-state index in [4.69, 9.17) is 23.7 Å². The molecule has 28 heavy (non-hydrogen) atoms. The summed E-state index contributed by atoms with van der Waals surface area (Å²) in [5, 5.41) is 2.41. The fourth-order valence-corrected chi connectivity index (χ4v) is 2.12. The van der Waals surface area contributed by atoms with Crippen LogP contribution in [-0.2, 0) is 9.53 Å². The number of rotatable bonds is 9. The van der Waals surface area contributed by atoms with Gasteiger partial charge >= 0.3 is 5.97 Å². The number of aromatic nitrogens is 2. The molecular weight excluding hydrogens is 370 g/mol. The van der Waals surface area contributed by atoms with E-state index in [9.17, 15) is 9.59 Å². The predicted octanol–water partition coefficient (Wildman–Crippen LogP) is 1.70. The molecule has 0 spiro atoms. The summed E-state index contributed by atoms with van der Waals surface area (Å²) < 4.78 is 25.6. The fourth-order valence-electron chi connectivity index (χ4n) is 2.12. The zero-order valence-corrected chi connectivity index (χ0v) is 16.0. The lowest BCUT2D eigenvalue weighted by Crippen LogP contribution is -2.22. The van der Waals surface area contributed by atoms with Gasteiger partial charge in [-0.05, 0) is 25.1 Å². The van der Waals surface area contributed by atoms with Crippen LogP contribution in [0.4, 0.5) is 5.95 Å². The Labute approximate surface area is 161 Å². The molecule has 0 aliphatic carbocycles. The summed E-state index contributed by atoms with van der Waals surface area (Å²) in [6.07, 6.45) is 0. The van der Waals surface area contributed by atoms with Crippen LogP contribution >= 0.6 is 0 Å². The number of methoxy groups -OCH3 is 3. The van der Waals surface area contributed by atoms with Gasteiger partial charge in [0.1, 0.15) is 0 Å². The van der Waals surface area contributed by atoms with Crippen molar-refractivity contribution in [3.63, 3.8) is 0 Å². The Hall–Kier alpha value is -3.56. The summed E-state index contributed by atoms with van der Waals surface area (Å²) in [4.78, 5) is 32.1. The van der Waals surface area contributed by atoms with Gasteiger partial charge in [0.05, 0.1) is 39.6 Å². The molecule has 10 heteroatoms. The molecule has 10 nitrogen and oxygen atoms in total. The van der Waals surface area contributed by atoms with Crippen molar-refractivity contribution in [2.75, 3.05) is 39.9 Å². The molecule has 1 N–H and O–H groups in total. The van der Waals surface area contributed by atoms with E-state index in [1.165, 1.54) is 39.5 Å². The van der Waals surface area contributed by atoms with Gasteiger partial charge in [0.2, 0.25) is 17.7 Å². The largest absolute Gasteiger partial charge is 0.493 e. The molecule has 0 unspecified atom stereocenters. The second-order valence-corrected chi connectivity index (χ2v) is 5.20. The van der Waals surface area contributed by atoms with Crippen molar-refractivity contribution < 1.29 is 33.3 Å². The minimum atomic E-state index is -0.692. The first-order chi connectivity index (χ1) is 13.5. The molecule has 1 aromatic carbocycles. The first-order valence-electron chi connectivity index (χ1n) is 8.25. The van der Waals surface area contributed by atoms with Gasteiger partial charge in [-0.25, -0.2) is 4.79 Å². The molecule has 1 aromatic heterocycles. The molecule has 0 radical (unpaired) electrons. The number of nitrogens with one attached hydrogen (secondary N) is 1. The quantitative estimate of drug-likeness (QED) is 0.637. The molecule has 0 aliphatic rings. The standard InChI is InChI=1S/C18H21N3O7/c1-5-27-13-8-11(6-7-12(13)24-2)17(23)28-10-14(22)19-18-20-15(25-3)9-16(21-18)26-4/h6-9H,5,10H2,1-4H3,(H,19,20,21,22). The van der Waals surface area contributed by atoms with E-state index < -0.39 is 18.5 Å². The SMILES string of the molecule is CCOc1cc(C(=O)OCC(=O)Nc2nc(OC)cc(OC)n2)ccc1OC. The maximum atomic E-state index is 12.2. The first kappa shape index (κ1) is 20.7. The van der Waals surface area contributed by atoms with E-state index in [0.29, 0.717) is 18.1 Å². The Morgan fingerprint density at radius 2 is 1.64 bits per heavy atom. The van der Waals surface area contributed by atoms with Crippen molar-refractivity contribution in [2.45, 2.75) is 6.92 Å². The molecule has 150 valence electrons. The highest BCUT2D eigenvalue weighted by Crippen LogP contribution is 2.28. The Morgan fingerprint density at radius 1 is 0.964 bits per heavy atom. The number of anilines is 1. The third kappa shape index (κ3) is 5.47. The minimum absolute atomic E-state index is 0.0414. The minimum Gasteiger partial charge on any atom is -0.493 e. The molecule has 0 saturated heterocycles. The highest BCUT2D eigenvalue weighted by Gasteiger charge is 2.15. The van der Waals surface area contributed by atoms with Gasteiger partial charge in [0.25, 0.3) is 5.91 Å². The lowest BCUT2D eigenvalue weighted by Gasteiger charge is -2.11. The molecule has 1 amide bonds. The second kappa shape index (κ2) is 9.95. The number of ether oxygens (including phenoxy) is 5. The van der Waals surface area contributed by atoms with Crippen molar-refractivity contribution in [2.24, 2.45) is 0 Å². The summed E-state index contributed by atoms with van der Waals surface area (Å²) in [6, 6.07) is 6.03. The van der Waals surface area contributed by atoms with Gasteiger partial charge in [0.15, 0.2) is 18.1 Å². The average Bonchev–Trinajstić information content (AvgIpc) is 2.71. The summed E-state index contributed by atoms with van der Waals surface area (Å²) in [6.45, 7) is 1.68. The van der Waals surface area contributed by atoms with Gasteiger partial charge in [-0.3, -0.25) is 10.1 Å². The summed E-state index contributed by atoms with van der Waals surface area (Å²) in [5.74, 6) is -0.0480. The van der Waals surface area contributed by atoms with Crippen LogP contribution in [-0.4, -0.2) is 56.4 Å². The molecule has 0 fully saturated rings. The van der Waals surface area contributed by atoms with Crippen LogP contribution in [0, 0.1) is 0 Å². The Kier molecular flexibility index (Phi) is 7.37. The van der Waals surface area contributed by atoms with Crippen molar-refractivity contribution >= 4 is 17.8 Å². The van der Waals surface area contributed by atoms with Crippen LogP contribution in [0.1, 0.15) is 17.3 Å². The number of carbonyl (C=O) groups is 2. The summed E-state index contributed by atoms with van der Waals surface area (Å²) in [7, 11) is 4.33. The third-order valence-electron chi connectivity index (χ3n) is 3.38. The van der Waals surface area contributed by atoms with Crippen LogP contribution in [0.15, 0.2) is 24.3 Å². The maximum Gasteiger partial charge on any atom is 0.338 e. The highest BCUT2D eigenvalue weighted by atomic mass is 16.5. The molecule has 2 aromatic rings. The zero-order valence-electron chi connectivity index (χ0n) is 16.0. The van der Waals surface area contributed by atoms with Crippen LogP contribution in [0.3, 0.4) is 0 Å². The van der Waals surface area contributed by atoms with Crippen LogP contribution in [0.25, 0.3) is 0 Å². The van der Waals surface area contributed by atoms with E-state index in [2.05, 4.69) is 15.3 Å². The molecule has 0 saturated carbocycles. The highest BCUT2D eigenvalue weighted by molar-refractivity contribution is 5.95. The molecule has 0 aliphatic heterocycles. The van der Waals surface area contributed by atoms with Gasteiger partial charge in [-0.15, -0.1) is 0 Å². The van der Waals surface area contributed by atoms with Crippen molar-refractivity contribution in [1.29, 1.82) is 0 Å². The van der Waals surface area contributed by atoms with E-state index in [0.717, 1.165) is 0 Å². The van der Waals surface area contributed by atoms with Crippen LogP contribution in [0.5, 0.6) is 23.3 Å². The van der Waals surface area contributed by atoms with Crippen LogP contribution in [0.2, 0.25) is 0 Å². The monoisotopic (exact) mass is 391 g/mol. The van der Waals surface area contributed by atoms with Gasteiger partial charge in [-0.2, -0.15) is 9.97 Å². The smallest absolute Gasteiger partial charge is 0.338 e. The number of hydrogen-bond acceptors (Lipinski definition) is 9. The van der Waals surface area contributed by atoms with E-state index in [-0.39, 0.29) is 23.3 Å². The molecule has 2 rings (SSSR count). The van der Waals surface area contributed by atoms with Crippen molar-refractivity contribution in [3.8, 4) is 23.3 Å². The maximum absolute atomic E-state index is 12.2. The topological polar surface area (TPSA) is 118 Å². The number of benzene rings is 1. The van der Waals surface area contributed by atoms with Gasteiger partial charge in [0, 0.05) is 0 Å². The summed E-state index contributed by atoms with van der Waals surface area (Å²) >= 11 is 0. The van der Waals surface area contributed by atoms with E-state index in [1.807, 2.05) is 6.92 Å². The summed E-state index contributed by atoms with van der Waals surface area (Å²) in [5.41, 5.74) is 0.219. The molecule has 0 atom stereocenters. The Morgan fingerprint density at radius 3 is 2.21 bits per heavy atom. The van der Waals surface area contributed by atoms with E-state index >= 15 is 0 Å². The van der Waals surface area contributed by atoms with Crippen LogP contribution < -0.4 is 24.3 Å². The number of hydrogen-bond donors (Lipinski definition) is 1. The second-order valence-electron chi connectivity index (χ2n) is 5.20. The number of carbonyl (C=O) groups excluding carboxylic acids is 2. The number of esters is 1. The van der Waals surface area contributed by atoms with Crippen molar-refractivity contribution in [3.05, 3.63) is 29.8 Å². The van der Waals surface area contributed by atoms with E-state index in [1.54, 1.807) is 6.07 Å². The Balaban J connectivity index is 1.99. The molecular formula is C18H21N3O7. The first-order valence-corrected chi connectivity index (χ1v) is 8.25. The average molecular weight is 391 g/mol. The lowest BCUT2D eigenvalue weighted by molar-refractivity contribution is -0.119. The third-order valence-corrected chi connectivity index (χ3v) is 3.38. The zero-order chi connectivity index (χ0) is 20.5. The molecule has 0 bridgehead atoms.